The van der Waals surface area contributed by atoms with Gasteiger partial charge in [0.05, 0.1) is 17.2 Å². The number of nitro groups is 1. The molecule has 1 atom stereocenters. The second-order valence-electron chi connectivity index (χ2n) is 10.4. The summed E-state index contributed by atoms with van der Waals surface area (Å²) in [6.45, 7) is 2.39. The lowest BCUT2D eigenvalue weighted by Gasteiger charge is -2.15. The zero-order valence-electron chi connectivity index (χ0n) is 24.3. The van der Waals surface area contributed by atoms with E-state index >= 15 is 0 Å². The largest absolute Gasteiger partial charge is 0.462 e. The van der Waals surface area contributed by atoms with Gasteiger partial charge in [0.15, 0.2) is 11.6 Å². The third kappa shape index (κ3) is 13.8. The van der Waals surface area contributed by atoms with Crippen LogP contribution < -0.4 is 5.32 Å². The maximum absolute atomic E-state index is 12.0. The number of nitro benzene ring substituents is 1. The van der Waals surface area contributed by atoms with Gasteiger partial charge in [0.2, 0.25) is 5.52 Å². The van der Waals surface area contributed by atoms with Crippen molar-refractivity contribution < 1.29 is 33.7 Å². The number of fused-ring (bicyclic) bond motifs is 1. The molecule has 0 radical (unpaired) electrons. The molecule has 1 aromatic heterocycles. The van der Waals surface area contributed by atoms with Gasteiger partial charge in [-0.25, -0.2) is 4.63 Å². The summed E-state index contributed by atoms with van der Waals surface area (Å²) in [5.74, 6) is -0.708. The number of esters is 2. The standard InChI is InChI=1S/C29H46N4O8/c1-2-3-4-5-7-11-14-17-27(36)40-23(21-34)22-39-26(35)16-13-10-8-6-9-12-15-20-30-24-18-19-25(33(37)38)29-28(24)31-41-32-29/h18-19,23,30,34H,2-17,20-22H2,1H3/t23-/m0/s1. The van der Waals surface area contributed by atoms with E-state index in [2.05, 4.69) is 27.2 Å². The van der Waals surface area contributed by atoms with Gasteiger partial charge < -0.3 is 19.9 Å². The Morgan fingerprint density at radius 2 is 1.49 bits per heavy atom. The molecule has 0 unspecified atom stereocenters. The second kappa shape index (κ2) is 20.6. The van der Waals surface area contributed by atoms with Crippen molar-refractivity contribution in [3.63, 3.8) is 0 Å². The molecule has 12 heteroatoms. The Kier molecular flexibility index (Phi) is 17.0. The molecule has 0 saturated carbocycles. The molecule has 1 aromatic carbocycles. The fourth-order valence-corrected chi connectivity index (χ4v) is 4.50. The smallest absolute Gasteiger partial charge is 0.306 e. The molecule has 2 N–H and O–H groups in total. The lowest BCUT2D eigenvalue weighted by atomic mass is 10.1. The van der Waals surface area contributed by atoms with Gasteiger partial charge in [0.25, 0.3) is 0 Å². The van der Waals surface area contributed by atoms with Crippen molar-refractivity contribution in [3.8, 4) is 0 Å². The van der Waals surface area contributed by atoms with Crippen molar-refractivity contribution in [3.05, 3.63) is 22.2 Å². The van der Waals surface area contributed by atoms with E-state index in [1.54, 1.807) is 6.07 Å². The van der Waals surface area contributed by atoms with Crippen molar-refractivity contribution in [2.24, 2.45) is 0 Å². The number of nitrogens with one attached hydrogen (secondary N) is 1. The molecule has 2 rings (SSSR count). The number of hydrogen-bond donors (Lipinski definition) is 2. The summed E-state index contributed by atoms with van der Waals surface area (Å²) in [6.07, 6.45) is 14.3. The Morgan fingerprint density at radius 3 is 2.12 bits per heavy atom. The third-order valence-electron chi connectivity index (χ3n) is 6.88. The first-order valence-electron chi connectivity index (χ1n) is 15.1. The number of nitrogens with zero attached hydrogens (tertiary/aromatic N) is 3. The van der Waals surface area contributed by atoms with E-state index in [1.807, 2.05) is 0 Å². The number of aliphatic hydroxyl groups excluding tert-OH is 1. The summed E-state index contributed by atoms with van der Waals surface area (Å²) < 4.78 is 15.1. The highest BCUT2D eigenvalue weighted by molar-refractivity contribution is 5.93. The van der Waals surface area contributed by atoms with Gasteiger partial charge in [0.1, 0.15) is 6.61 Å². The Morgan fingerprint density at radius 1 is 0.902 bits per heavy atom. The second-order valence-corrected chi connectivity index (χ2v) is 10.4. The summed E-state index contributed by atoms with van der Waals surface area (Å²) >= 11 is 0. The van der Waals surface area contributed by atoms with Crippen molar-refractivity contribution in [1.29, 1.82) is 0 Å². The Labute approximate surface area is 241 Å². The van der Waals surface area contributed by atoms with Gasteiger partial charge in [-0.3, -0.25) is 19.7 Å². The molecular formula is C29H46N4O8. The normalized spacial score (nSPS) is 11.9. The number of anilines is 1. The molecular weight excluding hydrogens is 532 g/mol. The first-order chi connectivity index (χ1) is 20.0. The van der Waals surface area contributed by atoms with Crippen LogP contribution in [-0.2, 0) is 19.1 Å². The maximum Gasteiger partial charge on any atom is 0.306 e. The molecule has 12 nitrogen and oxygen atoms in total. The number of carbonyl (C=O) groups is 2. The van der Waals surface area contributed by atoms with E-state index in [0.717, 1.165) is 64.2 Å². The average Bonchev–Trinajstić information content (AvgIpc) is 3.46. The van der Waals surface area contributed by atoms with Crippen molar-refractivity contribution in [2.75, 3.05) is 25.1 Å². The lowest BCUT2D eigenvalue weighted by molar-refractivity contribution is -0.383. The van der Waals surface area contributed by atoms with E-state index in [0.29, 0.717) is 30.6 Å². The number of ether oxygens (including phenoxy) is 2. The maximum atomic E-state index is 12.0. The molecule has 0 aliphatic carbocycles. The van der Waals surface area contributed by atoms with Gasteiger partial charge in [-0.05, 0) is 35.6 Å². The van der Waals surface area contributed by atoms with Crippen LogP contribution in [0.1, 0.15) is 110 Å². The van der Waals surface area contributed by atoms with E-state index in [-0.39, 0.29) is 36.4 Å². The first-order valence-corrected chi connectivity index (χ1v) is 15.1. The predicted molar refractivity (Wildman–Crippen MR) is 154 cm³/mol. The minimum Gasteiger partial charge on any atom is -0.462 e. The topological polar surface area (TPSA) is 167 Å². The number of carbonyl (C=O) groups excluding carboxylic acids is 2. The Bertz CT molecular complexity index is 1040. The monoisotopic (exact) mass is 578 g/mol. The molecule has 230 valence electrons. The molecule has 0 bridgehead atoms. The molecule has 41 heavy (non-hydrogen) atoms. The SMILES string of the molecule is CCCCCCCCCC(=O)O[C@@H](CO)COC(=O)CCCCCCCCCNc1ccc([N+](=O)[O-])c2nonc12. The number of aliphatic hydroxyl groups is 1. The number of non-ortho nitro benzene ring substituents is 1. The molecule has 0 spiro atoms. The zero-order chi connectivity index (χ0) is 29.7. The quantitative estimate of drug-likeness (QED) is 0.0625. The summed E-state index contributed by atoms with van der Waals surface area (Å²) in [7, 11) is 0. The number of rotatable bonds is 24. The highest BCUT2D eigenvalue weighted by Gasteiger charge is 2.19. The van der Waals surface area contributed by atoms with E-state index < -0.39 is 11.0 Å². The number of benzene rings is 1. The van der Waals surface area contributed by atoms with E-state index in [4.69, 9.17) is 9.47 Å². The number of aromatic nitrogens is 2. The van der Waals surface area contributed by atoms with Gasteiger partial charge >= 0.3 is 17.6 Å². The fourth-order valence-electron chi connectivity index (χ4n) is 4.50. The number of unbranched alkanes of at least 4 members (excludes halogenated alkanes) is 12. The highest BCUT2D eigenvalue weighted by atomic mass is 16.6. The van der Waals surface area contributed by atoms with Crippen LogP contribution >= 0.6 is 0 Å². The summed E-state index contributed by atoms with van der Waals surface area (Å²) in [4.78, 5) is 34.5. The molecule has 0 saturated heterocycles. The summed E-state index contributed by atoms with van der Waals surface area (Å²) in [6, 6.07) is 3.01. The van der Waals surface area contributed by atoms with Crippen LogP contribution in [0, 0.1) is 10.1 Å². The van der Waals surface area contributed by atoms with Gasteiger partial charge in [0, 0.05) is 25.5 Å². The molecule has 0 aliphatic rings. The van der Waals surface area contributed by atoms with Crippen molar-refractivity contribution >= 4 is 34.3 Å². The van der Waals surface area contributed by atoms with Gasteiger partial charge in [-0.2, -0.15) is 0 Å². The highest BCUT2D eigenvalue weighted by Crippen LogP contribution is 2.28. The van der Waals surface area contributed by atoms with Gasteiger partial charge in [-0.1, -0.05) is 77.6 Å². The van der Waals surface area contributed by atoms with Crippen LogP contribution in [0.2, 0.25) is 0 Å². The molecule has 0 aliphatic heterocycles. The van der Waals surface area contributed by atoms with Crippen LogP contribution in [0.5, 0.6) is 0 Å². The van der Waals surface area contributed by atoms with Crippen LogP contribution in [-0.4, -0.2) is 58.1 Å². The van der Waals surface area contributed by atoms with Crippen LogP contribution in [0.25, 0.3) is 11.0 Å². The summed E-state index contributed by atoms with van der Waals surface area (Å²) in [5, 5.41) is 31.2. The van der Waals surface area contributed by atoms with Crippen LogP contribution in [0.15, 0.2) is 16.8 Å². The van der Waals surface area contributed by atoms with E-state index in [9.17, 15) is 24.8 Å². The van der Waals surface area contributed by atoms with Crippen LogP contribution in [0.3, 0.4) is 0 Å². The molecule has 1 heterocycles. The van der Waals surface area contributed by atoms with Crippen LogP contribution in [0.4, 0.5) is 11.4 Å². The molecule has 2 aromatic rings. The fraction of sp³-hybridized carbons (Fsp3) is 0.724. The minimum atomic E-state index is -0.815. The van der Waals surface area contributed by atoms with E-state index in [1.165, 1.54) is 31.7 Å². The predicted octanol–water partition coefficient (Wildman–Crippen LogP) is 6.25. The zero-order valence-corrected chi connectivity index (χ0v) is 24.3. The summed E-state index contributed by atoms with van der Waals surface area (Å²) in [5.41, 5.74) is 1.01. The minimum absolute atomic E-state index is 0.120. The van der Waals surface area contributed by atoms with Gasteiger partial charge in [-0.15, -0.1) is 0 Å². The Hall–Kier alpha value is -3.28. The molecule has 0 amide bonds. The lowest BCUT2D eigenvalue weighted by Crippen LogP contribution is -2.28. The average molecular weight is 579 g/mol. The number of hydrogen-bond acceptors (Lipinski definition) is 11. The van der Waals surface area contributed by atoms with Crippen molar-refractivity contribution in [1.82, 2.24) is 10.3 Å². The Balaban J connectivity index is 1.44. The first kappa shape index (κ1) is 33.9. The molecule has 0 fully saturated rings. The van der Waals surface area contributed by atoms with Crippen molar-refractivity contribution in [2.45, 2.75) is 116 Å². The third-order valence-corrected chi connectivity index (χ3v) is 6.88.